The van der Waals surface area contributed by atoms with Crippen molar-refractivity contribution in [3.63, 3.8) is 0 Å². The van der Waals surface area contributed by atoms with Gasteiger partial charge in [0, 0.05) is 5.02 Å². The van der Waals surface area contributed by atoms with Crippen LogP contribution in [0, 0.1) is 0 Å². The maximum atomic E-state index is 11.8. The number of aromatic nitrogens is 9. The van der Waals surface area contributed by atoms with Crippen LogP contribution >= 0.6 is 11.6 Å². The monoisotopic (exact) mass is 383 g/mol. The molecule has 3 heterocycles. The van der Waals surface area contributed by atoms with Crippen molar-refractivity contribution in [3.05, 3.63) is 28.8 Å². The Morgan fingerprint density at radius 1 is 0.880 bits per heavy atom. The van der Waals surface area contributed by atoms with E-state index in [-0.39, 0.29) is 87.4 Å². The van der Waals surface area contributed by atoms with E-state index in [1.807, 2.05) is 0 Å². The van der Waals surface area contributed by atoms with E-state index in [9.17, 15) is 9.59 Å². The SMILES string of the molecule is O=C(Nc1cc(Cl)cc(NC(=O)c2nnn[nH]2)n1)c1nnn[nH]1.[NaH].[NaH]. The molecule has 0 bridgehead atoms. The van der Waals surface area contributed by atoms with Gasteiger partial charge in [-0.1, -0.05) is 11.6 Å². The minimum atomic E-state index is -0.624. The van der Waals surface area contributed by atoms with Crippen LogP contribution in [0.3, 0.4) is 0 Å². The summed E-state index contributed by atoms with van der Waals surface area (Å²) >= 11 is 5.93. The molecule has 0 atom stereocenters. The summed E-state index contributed by atoms with van der Waals surface area (Å²) in [5.74, 6) is -1.28. The summed E-state index contributed by atoms with van der Waals surface area (Å²) in [7, 11) is 0. The molecule has 3 aromatic rings. The Kier molecular flexibility index (Phi) is 8.51. The molecule has 0 aliphatic carbocycles. The average molecular weight is 384 g/mol. The first-order chi connectivity index (χ1) is 11.1. The number of hydrogen-bond donors (Lipinski definition) is 4. The normalized spacial score (nSPS) is 9.48. The zero-order chi connectivity index (χ0) is 16.2. The van der Waals surface area contributed by atoms with Crippen molar-refractivity contribution in [2.45, 2.75) is 0 Å². The molecule has 0 aromatic carbocycles. The second-order valence-corrected chi connectivity index (χ2v) is 4.40. The summed E-state index contributed by atoms with van der Waals surface area (Å²) in [6.07, 6.45) is 0. The molecule has 16 heteroatoms. The molecule has 0 fully saturated rings. The molecule has 0 saturated heterocycles. The molecule has 0 saturated carbocycles. The molecule has 0 radical (unpaired) electrons. The zero-order valence-electron chi connectivity index (χ0n) is 11.0. The predicted molar refractivity (Wildman–Crippen MR) is 87.8 cm³/mol. The van der Waals surface area contributed by atoms with Gasteiger partial charge in [0.2, 0.25) is 11.6 Å². The number of nitrogens with zero attached hydrogens (tertiary/aromatic N) is 7. The second kappa shape index (κ2) is 9.86. The quantitative estimate of drug-likeness (QED) is 0.369. The Morgan fingerprint density at radius 2 is 1.32 bits per heavy atom. The van der Waals surface area contributed by atoms with Crippen LogP contribution in [0.5, 0.6) is 0 Å². The molecule has 0 aliphatic heterocycles. The second-order valence-electron chi connectivity index (χ2n) is 3.96. The fourth-order valence-electron chi connectivity index (χ4n) is 1.49. The summed E-state index contributed by atoms with van der Waals surface area (Å²) in [6, 6.07) is 2.77. The molecule has 120 valence electrons. The van der Waals surface area contributed by atoms with Crippen LogP contribution in [0.25, 0.3) is 0 Å². The third kappa shape index (κ3) is 5.78. The Balaban J connectivity index is 0.00000156. The average Bonchev–Trinajstić information content (AvgIpc) is 3.20. The first-order valence-electron chi connectivity index (χ1n) is 5.89. The van der Waals surface area contributed by atoms with Crippen LogP contribution in [-0.2, 0) is 0 Å². The first-order valence-corrected chi connectivity index (χ1v) is 6.27. The van der Waals surface area contributed by atoms with Crippen molar-refractivity contribution < 1.29 is 9.59 Å². The van der Waals surface area contributed by atoms with E-state index < -0.39 is 11.8 Å². The van der Waals surface area contributed by atoms with Crippen LogP contribution in [-0.4, -0.2) is 117 Å². The van der Waals surface area contributed by atoms with Crippen LogP contribution in [0.15, 0.2) is 12.1 Å². The number of halogens is 1. The molecule has 0 unspecified atom stereocenters. The number of nitrogens with one attached hydrogen (secondary N) is 4. The number of tetrazole rings is 2. The van der Waals surface area contributed by atoms with Gasteiger partial charge >= 0.3 is 59.1 Å². The fraction of sp³-hybridized carbons (Fsp3) is 0. The number of rotatable bonds is 4. The molecule has 0 aliphatic rings. The fourth-order valence-corrected chi connectivity index (χ4v) is 1.69. The number of aromatic amines is 2. The van der Waals surface area contributed by atoms with E-state index in [2.05, 4.69) is 56.9 Å². The Labute approximate surface area is 188 Å². The van der Waals surface area contributed by atoms with E-state index in [4.69, 9.17) is 11.6 Å². The van der Waals surface area contributed by atoms with Gasteiger partial charge in [-0.15, -0.1) is 10.2 Å². The Hall–Kier alpha value is -1.48. The van der Waals surface area contributed by atoms with Gasteiger partial charge in [0.25, 0.3) is 11.8 Å². The zero-order valence-corrected chi connectivity index (χ0v) is 11.7. The maximum absolute atomic E-state index is 11.8. The molecular formula is C9H8ClN11Na2O2. The van der Waals surface area contributed by atoms with Gasteiger partial charge in [0.05, 0.1) is 0 Å². The van der Waals surface area contributed by atoms with Crippen molar-refractivity contribution >= 4 is 94.2 Å². The summed E-state index contributed by atoms with van der Waals surface area (Å²) < 4.78 is 0. The number of anilines is 2. The number of amides is 2. The van der Waals surface area contributed by atoms with Gasteiger partial charge in [-0.3, -0.25) is 9.59 Å². The van der Waals surface area contributed by atoms with Crippen LogP contribution < -0.4 is 10.6 Å². The van der Waals surface area contributed by atoms with Gasteiger partial charge in [-0.2, -0.15) is 0 Å². The molecule has 3 aromatic heterocycles. The molecule has 3 rings (SSSR count). The third-order valence-corrected chi connectivity index (χ3v) is 2.61. The summed E-state index contributed by atoms with van der Waals surface area (Å²) in [5, 5.41) is 29.7. The number of carbonyl (C=O) groups is 2. The summed E-state index contributed by atoms with van der Waals surface area (Å²) in [6.45, 7) is 0. The van der Waals surface area contributed by atoms with Crippen molar-refractivity contribution in [2.75, 3.05) is 10.6 Å². The van der Waals surface area contributed by atoms with E-state index >= 15 is 0 Å². The van der Waals surface area contributed by atoms with E-state index in [0.717, 1.165) is 0 Å². The van der Waals surface area contributed by atoms with Crippen LogP contribution in [0.2, 0.25) is 5.02 Å². The number of pyridine rings is 1. The minimum absolute atomic E-state index is 0. The van der Waals surface area contributed by atoms with Gasteiger partial charge in [-0.25, -0.2) is 15.2 Å². The topological polar surface area (TPSA) is 180 Å². The van der Waals surface area contributed by atoms with Crippen LogP contribution in [0.1, 0.15) is 21.2 Å². The molecule has 0 spiro atoms. The van der Waals surface area contributed by atoms with Gasteiger partial charge in [-0.05, 0) is 33.0 Å². The molecule has 13 nitrogen and oxygen atoms in total. The van der Waals surface area contributed by atoms with Gasteiger partial charge < -0.3 is 10.6 Å². The van der Waals surface area contributed by atoms with E-state index in [1.54, 1.807) is 0 Å². The molecular weight excluding hydrogens is 376 g/mol. The van der Waals surface area contributed by atoms with E-state index in [1.165, 1.54) is 12.1 Å². The third-order valence-electron chi connectivity index (χ3n) is 2.39. The molecule has 25 heavy (non-hydrogen) atoms. The summed E-state index contributed by atoms with van der Waals surface area (Å²) in [4.78, 5) is 27.7. The number of carbonyl (C=O) groups excluding carboxylic acids is 2. The van der Waals surface area contributed by atoms with Gasteiger partial charge in [0.1, 0.15) is 11.6 Å². The van der Waals surface area contributed by atoms with Crippen molar-refractivity contribution in [2.24, 2.45) is 0 Å². The van der Waals surface area contributed by atoms with Crippen molar-refractivity contribution in [1.82, 2.24) is 46.2 Å². The van der Waals surface area contributed by atoms with Crippen molar-refractivity contribution in [1.29, 1.82) is 0 Å². The Morgan fingerprint density at radius 3 is 1.68 bits per heavy atom. The Bertz CT molecular complexity index is 775. The number of hydrogen-bond acceptors (Lipinski definition) is 9. The predicted octanol–water partition coefficient (Wildman–Crippen LogP) is -2.03. The molecule has 2 amide bonds. The standard InChI is InChI=1S/C9H6ClN11O2.2Na.2H/c10-3-1-4(12-8(22)6-14-18-19-15-6)11-5(2-3)13-9(23)7-16-20-21-17-7;;;;/h1-2H,(H,14,15,18,19)(H,16,17,20,21)(H2,11,12,13,22,23);;;;. The molecule has 4 N–H and O–H groups in total. The first kappa shape index (κ1) is 21.6. The summed E-state index contributed by atoms with van der Waals surface area (Å²) in [5.41, 5.74) is 0. The van der Waals surface area contributed by atoms with Crippen molar-refractivity contribution in [3.8, 4) is 0 Å². The van der Waals surface area contributed by atoms with Crippen LogP contribution in [0.4, 0.5) is 11.6 Å². The van der Waals surface area contributed by atoms with Gasteiger partial charge in [0.15, 0.2) is 0 Å². The number of H-pyrrole nitrogens is 2. The van der Waals surface area contributed by atoms with E-state index in [0.29, 0.717) is 0 Å².